The van der Waals surface area contributed by atoms with E-state index in [0.717, 1.165) is 6.54 Å². The topological polar surface area (TPSA) is 70.2 Å². The lowest BCUT2D eigenvalue weighted by molar-refractivity contribution is 0.483. The van der Waals surface area contributed by atoms with Gasteiger partial charge in [-0.3, -0.25) is 0 Å². The highest BCUT2D eigenvalue weighted by Gasteiger charge is 2.18. The first-order valence-corrected chi connectivity index (χ1v) is 6.24. The summed E-state index contributed by atoms with van der Waals surface area (Å²) in [5.74, 6) is 0. The molecule has 0 aliphatic carbocycles. The second kappa shape index (κ2) is 5.65. The number of nitrogens with one attached hydrogen (secondary N) is 3. The van der Waals surface area contributed by atoms with Gasteiger partial charge in [-0.1, -0.05) is 6.92 Å². The molecule has 0 aliphatic heterocycles. The Bertz CT molecular complexity index is 244. The smallest absolute Gasteiger partial charge is 0.277 e. The SMILES string of the molecule is CCNCCNS(=O)(=O)NC(C)(C)C. The van der Waals surface area contributed by atoms with Gasteiger partial charge in [-0.05, 0) is 27.3 Å². The first-order chi connectivity index (χ1) is 6.27. The van der Waals surface area contributed by atoms with Crippen molar-refractivity contribution in [1.29, 1.82) is 0 Å². The van der Waals surface area contributed by atoms with Crippen molar-refractivity contribution >= 4 is 10.2 Å². The summed E-state index contributed by atoms with van der Waals surface area (Å²) in [5, 5.41) is 3.03. The average molecular weight is 223 g/mol. The Morgan fingerprint density at radius 3 is 2.14 bits per heavy atom. The number of likely N-dealkylation sites (N-methyl/N-ethyl adjacent to an activating group) is 1. The Morgan fingerprint density at radius 1 is 1.14 bits per heavy atom. The zero-order valence-electron chi connectivity index (χ0n) is 9.35. The molecule has 0 radical (unpaired) electrons. The van der Waals surface area contributed by atoms with E-state index in [1.54, 1.807) is 20.8 Å². The lowest BCUT2D eigenvalue weighted by Gasteiger charge is -2.20. The lowest BCUT2D eigenvalue weighted by atomic mass is 10.1. The van der Waals surface area contributed by atoms with Crippen LogP contribution in [0.1, 0.15) is 27.7 Å². The highest BCUT2D eigenvalue weighted by molar-refractivity contribution is 7.87. The van der Waals surface area contributed by atoms with Gasteiger partial charge >= 0.3 is 0 Å². The van der Waals surface area contributed by atoms with Crippen molar-refractivity contribution in [2.75, 3.05) is 19.6 Å². The molecule has 5 nitrogen and oxygen atoms in total. The Morgan fingerprint density at radius 2 is 1.71 bits per heavy atom. The van der Waals surface area contributed by atoms with Gasteiger partial charge in [-0.2, -0.15) is 13.1 Å². The number of hydrogen-bond donors (Lipinski definition) is 3. The van der Waals surface area contributed by atoms with Gasteiger partial charge in [-0.15, -0.1) is 0 Å². The van der Waals surface area contributed by atoms with Crippen molar-refractivity contribution in [3.8, 4) is 0 Å². The van der Waals surface area contributed by atoms with Crippen LogP contribution in [0.25, 0.3) is 0 Å². The average Bonchev–Trinajstić information content (AvgIpc) is 1.93. The fourth-order valence-corrected chi connectivity index (χ4v) is 2.14. The van der Waals surface area contributed by atoms with E-state index in [-0.39, 0.29) is 0 Å². The first-order valence-electron chi connectivity index (χ1n) is 4.76. The van der Waals surface area contributed by atoms with Crippen molar-refractivity contribution in [1.82, 2.24) is 14.8 Å². The molecule has 3 N–H and O–H groups in total. The molecule has 0 spiro atoms. The summed E-state index contributed by atoms with van der Waals surface area (Å²) < 4.78 is 27.7. The Kier molecular flexibility index (Phi) is 5.58. The van der Waals surface area contributed by atoms with Gasteiger partial charge in [0.25, 0.3) is 10.2 Å². The summed E-state index contributed by atoms with van der Waals surface area (Å²) in [4.78, 5) is 0. The molecule has 0 aromatic carbocycles. The monoisotopic (exact) mass is 223 g/mol. The molecule has 0 heterocycles. The summed E-state index contributed by atoms with van der Waals surface area (Å²) in [5.41, 5.74) is -0.440. The fourth-order valence-electron chi connectivity index (χ4n) is 0.890. The highest BCUT2D eigenvalue weighted by Crippen LogP contribution is 1.99. The van der Waals surface area contributed by atoms with Crippen molar-refractivity contribution < 1.29 is 8.42 Å². The highest BCUT2D eigenvalue weighted by atomic mass is 32.2. The summed E-state index contributed by atoms with van der Waals surface area (Å²) in [6.45, 7) is 9.26. The van der Waals surface area contributed by atoms with Crippen LogP contribution in [0.4, 0.5) is 0 Å². The minimum Gasteiger partial charge on any atom is -0.316 e. The van der Waals surface area contributed by atoms with E-state index in [0.29, 0.717) is 13.1 Å². The van der Waals surface area contributed by atoms with Gasteiger partial charge in [0.15, 0.2) is 0 Å². The van der Waals surface area contributed by atoms with Gasteiger partial charge in [0.05, 0.1) is 0 Å². The minimum absolute atomic E-state index is 0.402. The molecule has 0 saturated heterocycles. The maximum absolute atomic E-state index is 11.4. The van der Waals surface area contributed by atoms with Gasteiger partial charge in [0, 0.05) is 18.6 Å². The quantitative estimate of drug-likeness (QED) is 0.547. The van der Waals surface area contributed by atoms with Crippen molar-refractivity contribution in [2.45, 2.75) is 33.2 Å². The maximum atomic E-state index is 11.4. The fraction of sp³-hybridized carbons (Fsp3) is 1.00. The molecule has 86 valence electrons. The molecule has 0 aliphatic rings. The second-order valence-corrected chi connectivity index (χ2v) is 5.60. The molecule has 0 aromatic rings. The lowest BCUT2D eigenvalue weighted by Crippen LogP contribution is -2.48. The van der Waals surface area contributed by atoms with E-state index in [2.05, 4.69) is 14.8 Å². The zero-order chi connectivity index (χ0) is 11.2. The normalized spacial score (nSPS) is 13.1. The molecule has 6 heteroatoms. The summed E-state index contributed by atoms with van der Waals surface area (Å²) in [6.07, 6.45) is 0. The largest absolute Gasteiger partial charge is 0.316 e. The molecule has 0 saturated carbocycles. The summed E-state index contributed by atoms with van der Waals surface area (Å²) in [7, 11) is -3.36. The molecular weight excluding hydrogens is 202 g/mol. The molecule has 0 unspecified atom stereocenters. The van der Waals surface area contributed by atoms with E-state index in [9.17, 15) is 8.42 Å². The van der Waals surface area contributed by atoms with Crippen molar-refractivity contribution in [2.24, 2.45) is 0 Å². The molecule has 0 atom stereocenters. The Hall–Kier alpha value is -0.170. The van der Waals surface area contributed by atoms with Crippen LogP contribution < -0.4 is 14.8 Å². The van der Waals surface area contributed by atoms with Crippen LogP contribution in [-0.4, -0.2) is 33.6 Å². The van der Waals surface area contributed by atoms with Gasteiger partial charge in [-0.25, -0.2) is 4.72 Å². The Labute approximate surface area is 86.8 Å². The third-order valence-electron chi connectivity index (χ3n) is 1.28. The first kappa shape index (κ1) is 13.8. The third-order valence-corrected chi connectivity index (χ3v) is 2.75. The predicted octanol–water partition coefficient (Wildman–Crippen LogP) is -0.182. The summed E-state index contributed by atoms with van der Waals surface area (Å²) >= 11 is 0. The number of rotatable bonds is 6. The molecule has 0 amide bonds. The van der Waals surface area contributed by atoms with Crippen LogP contribution in [0.5, 0.6) is 0 Å². The predicted molar refractivity (Wildman–Crippen MR) is 58.4 cm³/mol. The third kappa shape index (κ3) is 8.43. The van der Waals surface area contributed by atoms with Gasteiger partial charge in [0.1, 0.15) is 0 Å². The zero-order valence-corrected chi connectivity index (χ0v) is 10.2. The van der Waals surface area contributed by atoms with Crippen LogP contribution in [-0.2, 0) is 10.2 Å². The van der Waals surface area contributed by atoms with E-state index >= 15 is 0 Å². The van der Waals surface area contributed by atoms with E-state index in [4.69, 9.17) is 0 Å². The molecule has 0 rings (SSSR count). The van der Waals surface area contributed by atoms with Crippen molar-refractivity contribution in [3.05, 3.63) is 0 Å². The standard InChI is InChI=1S/C8H21N3O2S/c1-5-9-6-7-10-14(12,13)11-8(2,3)4/h9-11H,5-7H2,1-4H3. The van der Waals surface area contributed by atoms with Crippen LogP contribution in [0.15, 0.2) is 0 Å². The molecule has 14 heavy (non-hydrogen) atoms. The van der Waals surface area contributed by atoms with Gasteiger partial charge in [0.2, 0.25) is 0 Å². The van der Waals surface area contributed by atoms with Crippen LogP contribution >= 0.6 is 0 Å². The summed E-state index contributed by atoms with van der Waals surface area (Å²) in [6, 6.07) is 0. The minimum atomic E-state index is -3.36. The van der Waals surface area contributed by atoms with E-state index in [1.807, 2.05) is 6.92 Å². The Balaban J connectivity index is 3.86. The van der Waals surface area contributed by atoms with Gasteiger partial charge < -0.3 is 5.32 Å². The molecule has 0 bridgehead atoms. The van der Waals surface area contributed by atoms with Crippen LogP contribution in [0, 0.1) is 0 Å². The van der Waals surface area contributed by atoms with Crippen LogP contribution in [0.3, 0.4) is 0 Å². The van der Waals surface area contributed by atoms with Crippen LogP contribution in [0.2, 0.25) is 0 Å². The second-order valence-electron chi connectivity index (χ2n) is 4.10. The molecule has 0 aromatic heterocycles. The molecular formula is C8H21N3O2S. The van der Waals surface area contributed by atoms with E-state index < -0.39 is 15.7 Å². The van der Waals surface area contributed by atoms with Crippen molar-refractivity contribution in [3.63, 3.8) is 0 Å². The van der Waals surface area contributed by atoms with E-state index in [1.165, 1.54) is 0 Å². The molecule has 0 fully saturated rings. The number of hydrogen-bond acceptors (Lipinski definition) is 3. The maximum Gasteiger partial charge on any atom is 0.277 e.